The van der Waals surface area contributed by atoms with Crippen molar-refractivity contribution in [1.29, 1.82) is 0 Å². The molecule has 5 unspecified atom stereocenters. The number of hydrogen-bond donors (Lipinski definition) is 4. The second-order valence-electron chi connectivity index (χ2n) is 31.0. The number of phosphoric acid groups is 2. The monoisotopic (exact) mass is 1730 g/mol. The van der Waals surface area contributed by atoms with Crippen LogP contribution in [0.25, 0.3) is 0 Å². The van der Waals surface area contributed by atoms with E-state index in [1.807, 2.05) is 0 Å². The van der Waals surface area contributed by atoms with E-state index in [-0.39, 0.29) is 19.3 Å². The molecule has 16 nitrogen and oxygen atoms in total. The number of ether oxygens (including phenoxy) is 3. The quantitative estimate of drug-likeness (QED) is 0.0146. The van der Waals surface area contributed by atoms with Gasteiger partial charge in [-0.05, 0) is 167 Å². The van der Waals surface area contributed by atoms with Crippen molar-refractivity contribution < 1.29 is 75.8 Å². The summed E-state index contributed by atoms with van der Waals surface area (Å²) < 4.78 is 61.6. The first-order chi connectivity index (χ1) is 59.2. The first-order valence-corrected chi connectivity index (χ1v) is 50.4. The minimum absolute atomic E-state index is 0.0804. The van der Waals surface area contributed by atoms with Gasteiger partial charge in [0.05, 0.1) is 26.4 Å². The molecule has 0 aromatic rings. The van der Waals surface area contributed by atoms with Gasteiger partial charge in [0.25, 0.3) is 0 Å². The van der Waals surface area contributed by atoms with Crippen molar-refractivity contribution in [2.75, 3.05) is 39.6 Å². The summed E-state index contributed by atoms with van der Waals surface area (Å²) in [6.45, 7) is 2.35. The molecule has 0 saturated carbocycles. The molecule has 0 saturated heterocycles. The number of aliphatic hydroxyl groups excluding tert-OH is 2. The summed E-state index contributed by atoms with van der Waals surface area (Å²) in [5.74, 6) is -1.59. The first-order valence-electron chi connectivity index (χ1n) is 47.4. The van der Waals surface area contributed by atoms with E-state index in [4.69, 9.17) is 32.3 Å². The Hall–Kier alpha value is -5.87. The molecule has 0 bridgehead atoms. The molecule has 0 radical (unpaired) electrons. The van der Waals surface area contributed by atoms with Crippen LogP contribution >= 0.6 is 15.6 Å². The van der Waals surface area contributed by atoms with E-state index < -0.39 is 91.5 Å². The highest BCUT2D eigenvalue weighted by molar-refractivity contribution is 7.47. The molecule has 4 N–H and O–H groups in total. The van der Waals surface area contributed by atoms with Crippen molar-refractivity contribution >= 4 is 33.6 Å². The van der Waals surface area contributed by atoms with Crippen molar-refractivity contribution in [3.8, 4) is 0 Å². The van der Waals surface area contributed by atoms with E-state index >= 15 is 0 Å². The zero-order valence-electron chi connectivity index (χ0n) is 75.9. The predicted molar refractivity (Wildman–Crippen MR) is 509 cm³/mol. The van der Waals surface area contributed by atoms with Gasteiger partial charge in [0, 0.05) is 19.3 Å². The van der Waals surface area contributed by atoms with Gasteiger partial charge in [0.15, 0.2) is 6.10 Å². The smallest absolute Gasteiger partial charge is 0.463 e. The van der Waals surface area contributed by atoms with Gasteiger partial charge in [-0.15, -0.1) is 0 Å². The average molecular weight is 1730 g/mol. The lowest BCUT2D eigenvalue weighted by molar-refractivity contribution is -0.161. The van der Waals surface area contributed by atoms with Crippen molar-refractivity contribution in [2.24, 2.45) is 0 Å². The van der Waals surface area contributed by atoms with Crippen LogP contribution in [0.1, 0.15) is 367 Å². The maximum absolute atomic E-state index is 13.1. The molecule has 121 heavy (non-hydrogen) atoms. The number of aliphatic hydroxyl groups is 2. The maximum atomic E-state index is 13.1. The highest BCUT2D eigenvalue weighted by Crippen LogP contribution is 2.45. The third kappa shape index (κ3) is 94.6. The van der Waals surface area contributed by atoms with Crippen LogP contribution in [0.3, 0.4) is 0 Å². The molecule has 0 rings (SSSR count). The number of esters is 3. The lowest BCUT2D eigenvalue weighted by Gasteiger charge is -2.21. The highest BCUT2D eigenvalue weighted by atomic mass is 31.2. The Morgan fingerprint density at radius 2 is 0.413 bits per heavy atom. The fraction of sp³-hybridized carbons (Fsp3) is 0.641. The van der Waals surface area contributed by atoms with Crippen molar-refractivity contribution in [2.45, 2.75) is 386 Å². The molecule has 18 heteroatoms. The molecule has 0 spiro atoms. The van der Waals surface area contributed by atoms with E-state index in [2.05, 4.69) is 227 Å². The van der Waals surface area contributed by atoms with Crippen molar-refractivity contribution in [3.63, 3.8) is 0 Å². The van der Waals surface area contributed by atoms with Gasteiger partial charge in [0.1, 0.15) is 25.4 Å². The minimum Gasteiger partial charge on any atom is -0.463 e. The molecule has 0 heterocycles. The summed E-state index contributed by atoms with van der Waals surface area (Å²) in [7, 11) is -9.83. The Morgan fingerprint density at radius 3 is 0.653 bits per heavy atom. The molecule has 0 aliphatic carbocycles. The van der Waals surface area contributed by atoms with Crippen LogP contribution in [0, 0.1) is 0 Å². The molecule has 0 aliphatic rings. The average Bonchev–Trinajstić information content (AvgIpc) is 0.894. The zero-order valence-corrected chi connectivity index (χ0v) is 77.7. The first kappa shape index (κ1) is 115. The molecular weight excluding hydrogens is 1560 g/mol. The summed E-state index contributed by atoms with van der Waals surface area (Å²) in [5, 5.41) is 20.8. The molecule has 0 fully saturated rings. The molecule has 0 aliphatic heterocycles. The number of rotatable bonds is 88. The van der Waals surface area contributed by atoms with Crippen LogP contribution in [0.2, 0.25) is 0 Å². The second-order valence-corrected chi connectivity index (χ2v) is 33.9. The van der Waals surface area contributed by atoms with Gasteiger partial charge >= 0.3 is 33.6 Å². The SMILES string of the molecule is CC/C=C\C/C=C\C/C=C\C/C=C\C/C=C\C/C=C\CCCCCCCCCCCCCCC(=O)OCC(O)COP(=O)(O)OCC(O)COP(=O)(O)OCC(COC(=O)CCCCCCCCCCCCCCC/C=C\C/C=C\C/C=C\C/C=C\C/C=C\CC)OC(=O)CCCCCCCC/C=C\C/C=C\C/C=C\C/C=C\C/C=C\C/C=C\CC. The summed E-state index contributed by atoms with van der Waals surface area (Å²) in [6, 6.07) is 0. The van der Waals surface area contributed by atoms with Crippen molar-refractivity contribution in [1.82, 2.24) is 0 Å². The topological polar surface area (TPSA) is 231 Å². The number of carbonyl (C=O) groups excluding carboxylic acids is 3. The second kappa shape index (κ2) is 93.3. The largest absolute Gasteiger partial charge is 0.472 e. The molecule has 688 valence electrons. The van der Waals surface area contributed by atoms with Gasteiger partial charge < -0.3 is 34.2 Å². The fourth-order valence-electron chi connectivity index (χ4n) is 12.4. The number of unbranched alkanes of at least 4 members (excludes halogenated alkanes) is 31. The van der Waals surface area contributed by atoms with Crippen LogP contribution < -0.4 is 0 Å². The predicted octanol–water partition coefficient (Wildman–Crippen LogP) is 29.6. The van der Waals surface area contributed by atoms with Gasteiger partial charge in [-0.1, -0.05) is 388 Å². The molecule has 0 amide bonds. The third-order valence-corrected chi connectivity index (χ3v) is 21.4. The van der Waals surface area contributed by atoms with Crippen LogP contribution in [0.15, 0.2) is 207 Å². The van der Waals surface area contributed by atoms with Gasteiger partial charge in [0.2, 0.25) is 0 Å². The van der Waals surface area contributed by atoms with E-state index in [9.17, 15) is 43.5 Å². The van der Waals surface area contributed by atoms with E-state index in [1.165, 1.54) is 103 Å². The lowest BCUT2D eigenvalue weighted by Crippen LogP contribution is -2.30. The van der Waals surface area contributed by atoms with Crippen LogP contribution in [0.5, 0.6) is 0 Å². The zero-order chi connectivity index (χ0) is 87.9. The van der Waals surface area contributed by atoms with Crippen molar-refractivity contribution in [3.05, 3.63) is 207 Å². The minimum atomic E-state index is -4.95. The van der Waals surface area contributed by atoms with E-state index in [1.54, 1.807) is 0 Å². The fourth-order valence-corrected chi connectivity index (χ4v) is 14.0. The Labute approximate surface area is 737 Å². The van der Waals surface area contributed by atoms with E-state index in [0.29, 0.717) is 19.3 Å². The summed E-state index contributed by atoms with van der Waals surface area (Å²) >= 11 is 0. The molecule has 0 aromatic carbocycles. The standard InChI is InChI=1S/C103H170O16P2/c1-4-7-10-13-16-19-22-25-28-31-34-37-40-43-45-47-48-50-52-54-56-59-62-65-68-71-74-77-80-83-86-89-101(106)113-92-98(104)93-115-120(109,110)116-94-99(105)95-117-121(111,112)118-97-100(119-103(108)91-88-85-82-79-76-73-70-67-64-61-58-53-42-39-36-33-30-27-24-21-18-15-12-9-6-3)96-114-102(107)90-87-84-81-78-75-72-69-66-63-60-57-55-51-49-46-44-41-38-35-32-29-26-23-20-17-14-11-8-5-2/h7-12,16-21,25-30,34-39,43-46,48,50,53,58,64,67,98-100,104-105H,4-6,13-15,22-24,31-33,40-42,47,49,51-52,54-57,59-63,65-66,68-97H2,1-3H3,(H,109,110)(H,111,112)/b10-7-,11-8-,12-9-,19-16-,20-17-,21-18-,28-25-,29-26-,30-27-,37-34-,38-35-,39-36-,45-43-,46-44-,50-48-,58-53-,67-64-. The Kier molecular flexibility index (Phi) is 88.8. The van der Waals surface area contributed by atoms with Crippen LogP contribution in [-0.4, -0.2) is 95.9 Å². The number of hydrogen-bond acceptors (Lipinski definition) is 14. The van der Waals surface area contributed by atoms with Gasteiger partial charge in [-0.2, -0.15) is 0 Å². The summed E-state index contributed by atoms with van der Waals surface area (Å²) in [4.78, 5) is 59.1. The molecule has 5 atom stereocenters. The maximum Gasteiger partial charge on any atom is 0.472 e. The third-order valence-electron chi connectivity index (χ3n) is 19.5. The van der Waals surface area contributed by atoms with Gasteiger partial charge in [-0.3, -0.25) is 32.5 Å². The Balaban J connectivity index is 4.67. The molecular formula is C103H170O16P2. The van der Waals surface area contributed by atoms with Crippen LogP contribution in [-0.2, 0) is 55.8 Å². The van der Waals surface area contributed by atoms with E-state index in [0.717, 1.165) is 205 Å². The Bertz CT molecular complexity index is 3030. The van der Waals surface area contributed by atoms with Gasteiger partial charge in [-0.25, -0.2) is 9.13 Å². The molecule has 0 aromatic heterocycles. The number of phosphoric ester groups is 2. The number of carbonyl (C=O) groups is 3. The Morgan fingerprint density at radius 1 is 0.231 bits per heavy atom. The lowest BCUT2D eigenvalue weighted by atomic mass is 10.0. The normalized spacial score (nSPS) is 14.7. The van der Waals surface area contributed by atoms with Crippen LogP contribution in [0.4, 0.5) is 0 Å². The highest BCUT2D eigenvalue weighted by Gasteiger charge is 2.29. The summed E-state index contributed by atoms with van der Waals surface area (Å²) in [6.07, 6.45) is 126. The summed E-state index contributed by atoms with van der Waals surface area (Å²) in [5.41, 5.74) is 0. The number of allylic oxidation sites excluding steroid dienone is 34.